The van der Waals surface area contributed by atoms with E-state index in [1.54, 1.807) is 12.1 Å². The summed E-state index contributed by atoms with van der Waals surface area (Å²) in [5.74, 6) is -0.454. The van der Waals surface area contributed by atoms with E-state index in [0.29, 0.717) is 45.6 Å². The van der Waals surface area contributed by atoms with Crippen molar-refractivity contribution in [3.05, 3.63) is 59.1 Å². The molecule has 4 heterocycles. The Balaban J connectivity index is 1.12. The van der Waals surface area contributed by atoms with Crippen LogP contribution < -0.4 is 15.4 Å². The van der Waals surface area contributed by atoms with Crippen LogP contribution in [0.1, 0.15) is 66.6 Å². The fourth-order valence-corrected chi connectivity index (χ4v) is 7.70. The molecule has 4 aromatic rings. The van der Waals surface area contributed by atoms with Crippen LogP contribution in [-0.2, 0) is 11.3 Å². The molecule has 0 spiro atoms. The average Bonchev–Trinajstić information content (AvgIpc) is 3.49. The number of amides is 1. The number of rotatable bonds is 8. The van der Waals surface area contributed by atoms with Gasteiger partial charge < -0.3 is 24.6 Å². The van der Waals surface area contributed by atoms with E-state index in [2.05, 4.69) is 26.7 Å². The van der Waals surface area contributed by atoms with E-state index in [4.69, 9.17) is 15.0 Å². The normalized spacial score (nSPS) is 23.7. The lowest BCUT2D eigenvalue weighted by atomic mass is 9.97. The molecule has 3 fully saturated rings. The maximum Gasteiger partial charge on any atom is 0.573 e. The number of ether oxygens (including phenoxy) is 2. The lowest BCUT2D eigenvalue weighted by molar-refractivity contribution is -0.274. The number of nitrogens with zero attached hydrogens (tertiary/aromatic N) is 3. The molecular weight excluding hydrogens is 588 g/mol. The monoisotopic (exact) mass is 616 g/mol. The maximum absolute atomic E-state index is 14.7. The summed E-state index contributed by atoms with van der Waals surface area (Å²) < 4.78 is 71.1. The largest absolute Gasteiger partial charge is 0.573 e. The second kappa shape index (κ2) is 10.5. The molecule has 2 N–H and O–H groups in total. The van der Waals surface area contributed by atoms with Crippen LogP contribution in [0.2, 0.25) is 0 Å². The molecular formula is C30H28F4N4O4S. The van der Waals surface area contributed by atoms with Crippen molar-refractivity contribution in [2.45, 2.75) is 76.1 Å². The molecule has 226 valence electrons. The van der Waals surface area contributed by atoms with Crippen molar-refractivity contribution in [1.29, 1.82) is 0 Å². The van der Waals surface area contributed by atoms with Crippen molar-refractivity contribution in [3.8, 4) is 17.0 Å². The highest BCUT2D eigenvalue weighted by atomic mass is 32.1. The Morgan fingerprint density at radius 2 is 1.98 bits per heavy atom. The van der Waals surface area contributed by atoms with Crippen molar-refractivity contribution in [2.75, 3.05) is 4.90 Å². The number of primary amides is 1. The first-order valence-corrected chi connectivity index (χ1v) is 15.0. The topological polar surface area (TPSA) is 104 Å². The number of para-hydroxylation sites is 1. The Morgan fingerprint density at radius 3 is 2.70 bits per heavy atom. The molecule has 1 amide bonds. The molecule has 1 saturated carbocycles. The number of carbonyl (C=O) groups is 1. The average molecular weight is 617 g/mol. The third kappa shape index (κ3) is 5.33. The molecule has 43 heavy (non-hydrogen) atoms. The molecule has 2 aliphatic heterocycles. The van der Waals surface area contributed by atoms with Gasteiger partial charge in [0.15, 0.2) is 10.9 Å². The zero-order valence-electron chi connectivity index (χ0n) is 23.1. The lowest BCUT2D eigenvalue weighted by Crippen LogP contribution is -2.46. The Bertz CT molecular complexity index is 1700. The van der Waals surface area contributed by atoms with Crippen LogP contribution in [0.5, 0.6) is 5.75 Å². The van der Waals surface area contributed by atoms with Gasteiger partial charge in [-0.05, 0) is 62.3 Å². The highest BCUT2D eigenvalue weighted by Gasteiger charge is 2.47. The first-order valence-electron chi connectivity index (χ1n) is 14.2. The number of nitrogens with two attached hydrogens (primary N) is 1. The van der Waals surface area contributed by atoms with Crippen LogP contribution in [0, 0.1) is 11.7 Å². The van der Waals surface area contributed by atoms with E-state index >= 15 is 0 Å². The molecule has 1 aliphatic carbocycles. The molecule has 4 atom stereocenters. The Morgan fingerprint density at radius 1 is 1.19 bits per heavy atom. The van der Waals surface area contributed by atoms with Gasteiger partial charge in [-0.15, -0.1) is 13.2 Å². The number of aromatic nitrogens is 2. The van der Waals surface area contributed by atoms with E-state index in [1.165, 1.54) is 29.5 Å². The van der Waals surface area contributed by atoms with Crippen LogP contribution >= 0.6 is 11.3 Å². The molecule has 2 saturated heterocycles. The van der Waals surface area contributed by atoms with Crippen LogP contribution in [-0.4, -0.2) is 40.6 Å². The van der Waals surface area contributed by atoms with E-state index in [1.807, 2.05) is 0 Å². The number of fused-ring (bicyclic) bond motifs is 3. The highest BCUT2D eigenvalue weighted by Crippen LogP contribution is 2.48. The number of thiazole rings is 1. The van der Waals surface area contributed by atoms with Gasteiger partial charge in [-0.3, -0.25) is 4.79 Å². The predicted molar refractivity (Wildman–Crippen MR) is 150 cm³/mol. The van der Waals surface area contributed by atoms with Gasteiger partial charge in [0.1, 0.15) is 22.7 Å². The van der Waals surface area contributed by atoms with Crippen LogP contribution in [0.4, 0.5) is 22.7 Å². The van der Waals surface area contributed by atoms with E-state index < -0.39 is 18.1 Å². The van der Waals surface area contributed by atoms with Gasteiger partial charge in [-0.2, -0.15) is 0 Å². The van der Waals surface area contributed by atoms with E-state index in [-0.39, 0.29) is 53.1 Å². The third-order valence-electron chi connectivity index (χ3n) is 8.63. The van der Waals surface area contributed by atoms with Gasteiger partial charge in [-0.25, -0.2) is 9.37 Å². The second-order valence-corrected chi connectivity index (χ2v) is 12.6. The first kappa shape index (κ1) is 28.1. The summed E-state index contributed by atoms with van der Waals surface area (Å²) in [7, 11) is 0. The number of alkyl halides is 3. The molecule has 2 aromatic heterocycles. The number of halogens is 4. The molecule has 8 nitrogen and oxygen atoms in total. The third-order valence-corrected chi connectivity index (χ3v) is 9.65. The van der Waals surface area contributed by atoms with Gasteiger partial charge >= 0.3 is 6.36 Å². The summed E-state index contributed by atoms with van der Waals surface area (Å²) in [6.45, 7) is 2.33. The quantitative estimate of drug-likeness (QED) is 0.214. The van der Waals surface area contributed by atoms with Gasteiger partial charge in [0.2, 0.25) is 5.91 Å². The predicted octanol–water partition coefficient (Wildman–Crippen LogP) is 6.93. The van der Waals surface area contributed by atoms with Crippen molar-refractivity contribution in [1.82, 2.24) is 10.1 Å². The minimum Gasteiger partial charge on any atom is -0.405 e. The number of carbonyl (C=O) groups excluding carboxylic acids is 1. The fraction of sp³-hybridized carbons (Fsp3) is 0.433. The number of hydrogen-bond donors (Lipinski definition) is 1. The molecule has 2 bridgehead atoms. The number of benzene rings is 2. The molecule has 7 rings (SSSR count). The van der Waals surface area contributed by atoms with Crippen molar-refractivity contribution < 1.29 is 36.4 Å². The molecule has 2 aromatic carbocycles. The van der Waals surface area contributed by atoms with E-state index in [0.717, 1.165) is 25.3 Å². The Labute approximate surface area is 247 Å². The molecule has 3 aliphatic rings. The van der Waals surface area contributed by atoms with Gasteiger partial charge in [0.25, 0.3) is 0 Å². The highest BCUT2D eigenvalue weighted by molar-refractivity contribution is 7.22. The minimum atomic E-state index is -4.85. The summed E-state index contributed by atoms with van der Waals surface area (Å²) in [5.41, 5.74) is 6.83. The maximum atomic E-state index is 14.7. The van der Waals surface area contributed by atoms with Gasteiger partial charge in [0, 0.05) is 34.7 Å². The van der Waals surface area contributed by atoms with Crippen molar-refractivity contribution >= 4 is 32.6 Å². The van der Waals surface area contributed by atoms with Crippen molar-refractivity contribution in [3.63, 3.8) is 0 Å². The zero-order valence-corrected chi connectivity index (χ0v) is 23.9. The van der Waals surface area contributed by atoms with E-state index in [9.17, 15) is 22.4 Å². The SMILES string of the molecule is C[C@@H]1CC2CC(OCc3c(-c4ccccc4OC(F)(F)F)noc3C3CC3)CC1N2c1nc2c(F)cc(C(N)=O)cc2s1. The van der Waals surface area contributed by atoms with Crippen molar-refractivity contribution in [2.24, 2.45) is 11.7 Å². The summed E-state index contributed by atoms with van der Waals surface area (Å²) in [5, 5.41) is 4.88. The molecule has 3 unspecified atom stereocenters. The molecule has 0 radical (unpaired) electrons. The number of piperidine rings is 1. The van der Waals surface area contributed by atoms with Crippen LogP contribution in [0.15, 0.2) is 40.9 Å². The zero-order chi connectivity index (χ0) is 30.0. The second-order valence-electron chi connectivity index (χ2n) is 11.6. The lowest BCUT2D eigenvalue weighted by Gasteiger charge is -2.39. The Hall–Kier alpha value is -3.71. The summed E-state index contributed by atoms with van der Waals surface area (Å²) in [4.78, 5) is 18.5. The summed E-state index contributed by atoms with van der Waals surface area (Å²) >= 11 is 1.34. The molecule has 13 heteroatoms. The van der Waals surface area contributed by atoms with Crippen LogP contribution in [0.3, 0.4) is 0 Å². The number of hydrogen-bond acceptors (Lipinski definition) is 8. The van der Waals surface area contributed by atoms with Crippen LogP contribution in [0.25, 0.3) is 21.5 Å². The Kier molecular flexibility index (Phi) is 6.84. The first-order chi connectivity index (χ1) is 20.6. The fourth-order valence-electron chi connectivity index (χ4n) is 6.55. The summed E-state index contributed by atoms with van der Waals surface area (Å²) in [6, 6.07) is 8.82. The minimum absolute atomic E-state index is 0.105. The summed E-state index contributed by atoms with van der Waals surface area (Å²) in [6.07, 6.45) is -0.782. The standard InChI is InChI=1S/C30H28F4N4O4S/c1-14-8-17-11-18(12-22(14)38(17)29-36-26-21(31)9-16(28(35)39)10-24(26)43-29)40-13-20-25(37-42-27(20)15-6-7-15)19-4-2-3-5-23(19)41-30(32,33)34/h2-5,9-10,14-15,17-18,22H,6-8,11-13H2,1H3,(H2,35,39)/t14-,17?,18?,22?/m1/s1. The smallest absolute Gasteiger partial charge is 0.405 e. The van der Waals surface area contributed by atoms with Gasteiger partial charge in [-0.1, -0.05) is 35.5 Å². The number of anilines is 1. The van der Waals surface area contributed by atoms with Gasteiger partial charge in [0.05, 0.1) is 17.4 Å².